The van der Waals surface area contributed by atoms with Crippen LogP contribution in [0.2, 0.25) is 0 Å². The molecule has 2 heterocycles. The highest BCUT2D eigenvalue weighted by Crippen LogP contribution is 2.30. The molecule has 1 saturated heterocycles. The van der Waals surface area contributed by atoms with Crippen molar-refractivity contribution in [3.05, 3.63) is 70.8 Å². The zero-order valence-electron chi connectivity index (χ0n) is 23.3. The zero-order chi connectivity index (χ0) is 27.1. The summed E-state index contributed by atoms with van der Waals surface area (Å²) < 4.78 is 25.7. The number of ether oxygens (including phenoxy) is 4. The molecule has 38 heavy (non-hydrogen) atoms. The van der Waals surface area contributed by atoms with Crippen molar-refractivity contribution in [3.63, 3.8) is 0 Å². The van der Waals surface area contributed by atoms with Crippen LogP contribution in [-0.4, -0.2) is 71.8 Å². The second-order valence-corrected chi connectivity index (χ2v) is 10.3. The normalized spacial score (nSPS) is 18.3. The number of imidazole rings is 1. The second kappa shape index (κ2) is 12.7. The van der Waals surface area contributed by atoms with Crippen LogP contribution in [0.4, 0.5) is 0 Å². The van der Waals surface area contributed by atoms with Crippen LogP contribution in [0, 0.1) is 27.7 Å². The minimum Gasteiger partial charge on any atom is -0.493 e. The van der Waals surface area contributed by atoms with E-state index in [0.717, 1.165) is 53.5 Å². The maximum absolute atomic E-state index is 11.4. The van der Waals surface area contributed by atoms with Gasteiger partial charge in [0.15, 0.2) is 11.5 Å². The molecule has 1 aromatic heterocycles. The monoisotopic (exact) mass is 523 g/mol. The topological polar surface area (TPSA) is 78.2 Å². The van der Waals surface area contributed by atoms with Crippen molar-refractivity contribution < 1.29 is 24.1 Å². The number of hydrogen-bond donors (Lipinski definition) is 1. The van der Waals surface area contributed by atoms with E-state index < -0.39 is 5.60 Å². The number of aryl methyl sites for hydroxylation is 4. The summed E-state index contributed by atoms with van der Waals surface area (Å²) in [6.45, 7) is 12.4. The molecule has 2 aromatic carbocycles. The minimum atomic E-state index is -1.11. The number of rotatable bonds is 11. The van der Waals surface area contributed by atoms with Crippen molar-refractivity contribution in [1.82, 2.24) is 14.5 Å². The van der Waals surface area contributed by atoms with Crippen LogP contribution in [0.25, 0.3) is 0 Å². The van der Waals surface area contributed by atoms with Gasteiger partial charge in [-0.3, -0.25) is 4.90 Å². The Bertz CT molecular complexity index is 1210. The molecule has 0 radical (unpaired) electrons. The molecule has 0 unspecified atom stereocenters. The molecular formula is C30H41N3O5. The third-order valence-electron chi connectivity index (χ3n) is 7.06. The molecule has 206 valence electrons. The van der Waals surface area contributed by atoms with Crippen molar-refractivity contribution in [2.75, 3.05) is 46.6 Å². The van der Waals surface area contributed by atoms with Crippen LogP contribution in [0.5, 0.6) is 17.2 Å². The second-order valence-electron chi connectivity index (χ2n) is 10.3. The van der Waals surface area contributed by atoms with Gasteiger partial charge in [0.1, 0.15) is 23.8 Å². The van der Waals surface area contributed by atoms with Gasteiger partial charge < -0.3 is 28.6 Å². The maximum Gasteiger partial charge on any atom is 0.161 e. The quantitative estimate of drug-likeness (QED) is 0.377. The van der Waals surface area contributed by atoms with Gasteiger partial charge in [0.05, 0.1) is 26.9 Å². The SMILES string of the molecule is COc1cc(CN2CCOC[C@](O)(COc3cc(C)cc(C)c3C)C2)ccc1OCCCn1ccnc1C. The Morgan fingerprint density at radius 2 is 1.89 bits per heavy atom. The predicted octanol–water partition coefficient (Wildman–Crippen LogP) is 4.24. The van der Waals surface area contributed by atoms with Gasteiger partial charge in [0.25, 0.3) is 0 Å². The predicted molar refractivity (Wildman–Crippen MR) is 147 cm³/mol. The molecule has 1 atom stereocenters. The van der Waals surface area contributed by atoms with Gasteiger partial charge in [-0.15, -0.1) is 0 Å². The highest BCUT2D eigenvalue weighted by molar-refractivity contribution is 5.43. The van der Waals surface area contributed by atoms with Crippen molar-refractivity contribution in [1.29, 1.82) is 0 Å². The first-order valence-electron chi connectivity index (χ1n) is 13.3. The summed E-state index contributed by atoms with van der Waals surface area (Å²) in [6.07, 6.45) is 4.67. The third-order valence-corrected chi connectivity index (χ3v) is 7.06. The maximum atomic E-state index is 11.4. The van der Waals surface area contributed by atoms with Crippen LogP contribution in [0.15, 0.2) is 42.7 Å². The summed E-state index contributed by atoms with van der Waals surface area (Å²) in [7, 11) is 1.66. The lowest BCUT2D eigenvalue weighted by molar-refractivity contribution is -0.0648. The van der Waals surface area contributed by atoms with Gasteiger partial charge in [0.2, 0.25) is 0 Å². The Kier molecular flexibility index (Phi) is 9.31. The molecule has 0 saturated carbocycles. The molecule has 3 aromatic rings. The Hall–Kier alpha value is -3.07. The lowest BCUT2D eigenvalue weighted by Crippen LogP contribution is -2.48. The molecule has 1 N–H and O–H groups in total. The van der Waals surface area contributed by atoms with E-state index in [2.05, 4.69) is 40.4 Å². The van der Waals surface area contributed by atoms with Crippen LogP contribution >= 0.6 is 0 Å². The highest BCUT2D eigenvalue weighted by Gasteiger charge is 2.34. The van der Waals surface area contributed by atoms with E-state index in [0.29, 0.717) is 32.1 Å². The molecule has 8 heteroatoms. The lowest BCUT2D eigenvalue weighted by atomic mass is 10.0. The van der Waals surface area contributed by atoms with E-state index >= 15 is 0 Å². The fraction of sp³-hybridized carbons (Fsp3) is 0.500. The van der Waals surface area contributed by atoms with Gasteiger partial charge in [-0.1, -0.05) is 12.1 Å². The Labute approximate surface area is 226 Å². The van der Waals surface area contributed by atoms with Gasteiger partial charge >= 0.3 is 0 Å². The van der Waals surface area contributed by atoms with Crippen LogP contribution in [-0.2, 0) is 17.8 Å². The van der Waals surface area contributed by atoms with E-state index in [1.54, 1.807) is 7.11 Å². The van der Waals surface area contributed by atoms with Crippen molar-refractivity contribution in [2.45, 2.75) is 52.8 Å². The van der Waals surface area contributed by atoms with E-state index in [4.69, 9.17) is 18.9 Å². The summed E-state index contributed by atoms with van der Waals surface area (Å²) in [6, 6.07) is 10.2. The molecule has 8 nitrogen and oxygen atoms in total. The number of benzene rings is 2. The zero-order valence-corrected chi connectivity index (χ0v) is 23.3. The fourth-order valence-electron chi connectivity index (χ4n) is 4.83. The average molecular weight is 524 g/mol. The molecule has 0 bridgehead atoms. The average Bonchev–Trinajstić information content (AvgIpc) is 3.20. The first-order chi connectivity index (χ1) is 18.3. The van der Waals surface area contributed by atoms with E-state index in [1.165, 1.54) is 5.56 Å². The number of β-amino-alcohol motifs (C(OH)–C–C–N with tert-alkyl or cyclic N) is 1. The van der Waals surface area contributed by atoms with Crippen molar-refractivity contribution in [3.8, 4) is 17.2 Å². The summed E-state index contributed by atoms with van der Waals surface area (Å²) in [5.74, 6) is 3.25. The smallest absolute Gasteiger partial charge is 0.161 e. The number of aromatic nitrogens is 2. The Balaban J connectivity index is 1.34. The van der Waals surface area contributed by atoms with E-state index in [9.17, 15) is 5.11 Å². The number of hydrogen-bond acceptors (Lipinski definition) is 7. The summed E-state index contributed by atoms with van der Waals surface area (Å²) in [5, 5.41) is 11.4. The van der Waals surface area contributed by atoms with Gasteiger partial charge in [0, 0.05) is 38.6 Å². The molecular weight excluding hydrogens is 482 g/mol. The highest BCUT2D eigenvalue weighted by atomic mass is 16.5. The first-order valence-corrected chi connectivity index (χ1v) is 13.3. The van der Waals surface area contributed by atoms with Crippen molar-refractivity contribution in [2.24, 2.45) is 0 Å². The summed E-state index contributed by atoms with van der Waals surface area (Å²) >= 11 is 0. The van der Waals surface area contributed by atoms with E-state index in [-0.39, 0.29) is 13.2 Å². The van der Waals surface area contributed by atoms with Gasteiger partial charge in [-0.25, -0.2) is 4.98 Å². The largest absolute Gasteiger partial charge is 0.493 e. The summed E-state index contributed by atoms with van der Waals surface area (Å²) in [4.78, 5) is 6.46. The molecule has 0 spiro atoms. The van der Waals surface area contributed by atoms with Gasteiger partial charge in [-0.05, 0) is 74.6 Å². The minimum absolute atomic E-state index is 0.169. The molecule has 1 aliphatic rings. The van der Waals surface area contributed by atoms with E-state index in [1.807, 2.05) is 44.4 Å². The fourth-order valence-corrected chi connectivity index (χ4v) is 4.83. The summed E-state index contributed by atoms with van der Waals surface area (Å²) in [5.41, 5.74) is 3.39. The molecule has 1 aliphatic heterocycles. The molecule has 0 aliphatic carbocycles. The first kappa shape index (κ1) is 28.0. The number of aliphatic hydroxyl groups is 1. The van der Waals surface area contributed by atoms with Crippen LogP contribution < -0.4 is 14.2 Å². The molecule has 1 fully saturated rings. The van der Waals surface area contributed by atoms with Crippen LogP contribution in [0.3, 0.4) is 0 Å². The Morgan fingerprint density at radius 1 is 1.05 bits per heavy atom. The van der Waals surface area contributed by atoms with Crippen molar-refractivity contribution >= 4 is 0 Å². The Morgan fingerprint density at radius 3 is 2.66 bits per heavy atom. The molecule has 0 amide bonds. The lowest BCUT2D eigenvalue weighted by Gasteiger charge is -2.31. The van der Waals surface area contributed by atoms with Gasteiger partial charge in [-0.2, -0.15) is 0 Å². The van der Waals surface area contributed by atoms with Crippen LogP contribution in [0.1, 0.15) is 34.5 Å². The standard InChI is InChI=1S/C30H41N3O5/c1-22-15-23(2)24(3)28(16-22)38-21-30(34)19-32(12-14-36-20-30)18-26-7-8-27(29(17-26)35-5)37-13-6-10-33-11-9-31-25(33)4/h7-9,11,15-17,34H,6,10,12-14,18-21H2,1-5H3/t30-/m0/s1. The number of methoxy groups -OCH3 is 1. The molecule has 4 rings (SSSR count). The number of nitrogens with zero attached hydrogens (tertiary/aromatic N) is 3. The third kappa shape index (κ3) is 7.28.